The molecular weight excluding hydrogens is 188 g/mol. The van der Waals surface area contributed by atoms with Gasteiger partial charge in [-0.2, -0.15) is 0 Å². The average Bonchev–Trinajstić information content (AvgIpc) is 2.14. The van der Waals surface area contributed by atoms with Crippen LogP contribution in [-0.2, 0) is 4.79 Å². The van der Waals surface area contributed by atoms with Gasteiger partial charge in [-0.1, -0.05) is 24.2 Å². The molecule has 0 amide bonds. The maximum atomic E-state index is 10.8. The Morgan fingerprint density at radius 2 is 2.38 bits per heavy atom. The van der Waals surface area contributed by atoms with E-state index < -0.39 is 0 Å². The van der Waals surface area contributed by atoms with Gasteiger partial charge in [0.05, 0.1) is 0 Å². The molecular formula is C10H9ClO2. The van der Waals surface area contributed by atoms with E-state index in [1.165, 1.54) is 6.08 Å². The number of hydrogen-bond acceptors (Lipinski definition) is 2. The molecule has 0 bridgehead atoms. The Morgan fingerprint density at radius 1 is 1.62 bits per heavy atom. The number of hydrogen-bond donors (Lipinski definition) is 0. The average molecular weight is 197 g/mol. The van der Waals surface area contributed by atoms with Gasteiger partial charge in [0, 0.05) is 5.02 Å². The summed E-state index contributed by atoms with van der Waals surface area (Å²) in [6.45, 7) is 3.34. The molecule has 1 rings (SSSR count). The first-order valence-electron chi connectivity index (χ1n) is 3.76. The van der Waals surface area contributed by atoms with Gasteiger partial charge in [-0.15, -0.1) is 0 Å². The van der Waals surface area contributed by atoms with Gasteiger partial charge in [-0.3, -0.25) is 4.79 Å². The molecule has 0 fully saturated rings. The lowest BCUT2D eigenvalue weighted by molar-refractivity contribution is -0.116. The van der Waals surface area contributed by atoms with Gasteiger partial charge in [0.25, 0.3) is 0 Å². The smallest absolute Gasteiger partial charge is 0.192 e. The van der Waals surface area contributed by atoms with Crippen LogP contribution in [0.2, 0.25) is 5.02 Å². The summed E-state index contributed by atoms with van der Waals surface area (Å²) in [5.41, 5.74) is 0. The van der Waals surface area contributed by atoms with Crippen molar-refractivity contribution in [3.63, 3.8) is 0 Å². The Morgan fingerprint density at radius 3 is 3.00 bits per heavy atom. The van der Waals surface area contributed by atoms with E-state index in [1.807, 2.05) is 0 Å². The lowest BCUT2D eigenvalue weighted by Gasteiger charge is -2.02. The molecule has 3 heteroatoms. The molecule has 0 atom stereocenters. The summed E-state index contributed by atoms with van der Waals surface area (Å²) >= 11 is 5.71. The quantitative estimate of drug-likeness (QED) is 0.692. The number of ether oxygens (including phenoxy) is 1. The van der Waals surface area contributed by atoms with Crippen molar-refractivity contribution in [2.24, 2.45) is 0 Å². The van der Waals surface area contributed by atoms with Gasteiger partial charge < -0.3 is 4.74 Å². The second kappa shape index (κ2) is 4.67. The fraction of sp³-hybridized carbons (Fsp3) is 0.100. The van der Waals surface area contributed by atoms with Gasteiger partial charge in [0.2, 0.25) is 0 Å². The standard InChI is InChI=1S/C10H9ClO2/c1-2-9(12)7-13-10-5-3-4-8(11)6-10/h2-6H,1,7H2. The molecule has 0 aliphatic carbocycles. The minimum Gasteiger partial charge on any atom is -0.485 e. The van der Waals surface area contributed by atoms with Crippen molar-refractivity contribution in [2.75, 3.05) is 6.61 Å². The number of halogens is 1. The summed E-state index contributed by atoms with van der Waals surface area (Å²) in [4.78, 5) is 10.8. The van der Waals surface area contributed by atoms with Gasteiger partial charge >= 0.3 is 0 Å². The molecule has 1 aromatic carbocycles. The maximum Gasteiger partial charge on any atom is 0.192 e. The SMILES string of the molecule is C=CC(=O)COc1cccc(Cl)c1. The van der Waals surface area contributed by atoms with Crippen molar-refractivity contribution in [1.82, 2.24) is 0 Å². The number of carbonyl (C=O) groups excluding carboxylic acids is 1. The van der Waals surface area contributed by atoms with Gasteiger partial charge in [0.15, 0.2) is 12.4 Å². The van der Waals surface area contributed by atoms with Crippen LogP contribution in [0.1, 0.15) is 0 Å². The lowest BCUT2D eigenvalue weighted by Crippen LogP contribution is -2.07. The van der Waals surface area contributed by atoms with E-state index in [-0.39, 0.29) is 12.4 Å². The number of carbonyl (C=O) groups is 1. The van der Waals surface area contributed by atoms with E-state index in [0.717, 1.165) is 0 Å². The molecule has 0 N–H and O–H groups in total. The van der Waals surface area contributed by atoms with Crippen LogP contribution in [0.4, 0.5) is 0 Å². The first-order valence-corrected chi connectivity index (χ1v) is 4.14. The highest BCUT2D eigenvalue weighted by atomic mass is 35.5. The largest absolute Gasteiger partial charge is 0.485 e. The fourth-order valence-electron chi connectivity index (χ4n) is 0.770. The molecule has 0 aromatic heterocycles. The van der Waals surface area contributed by atoms with Crippen molar-refractivity contribution in [3.8, 4) is 5.75 Å². The van der Waals surface area contributed by atoms with Gasteiger partial charge in [-0.25, -0.2) is 0 Å². The van der Waals surface area contributed by atoms with E-state index in [2.05, 4.69) is 6.58 Å². The van der Waals surface area contributed by atoms with E-state index in [0.29, 0.717) is 10.8 Å². The van der Waals surface area contributed by atoms with Crippen LogP contribution in [0.5, 0.6) is 5.75 Å². The van der Waals surface area contributed by atoms with Crippen molar-refractivity contribution in [1.29, 1.82) is 0 Å². The highest BCUT2D eigenvalue weighted by Gasteiger charge is 1.98. The van der Waals surface area contributed by atoms with Crippen molar-refractivity contribution >= 4 is 17.4 Å². The van der Waals surface area contributed by atoms with E-state index >= 15 is 0 Å². The fourth-order valence-corrected chi connectivity index (χ4v) is 0.950. The molecule has 0 heterocycles. The topological polar surface area (TPSA) is 26.3 Å². The predicted molar refractivity (Wildman–Crippen MR) is 52.2 cm³/mol. The van der Waals surface area contributed by atoms with Crippen molar-refractivity contribution in [2.45, 2.75) is 0 Å². The Kier molecular flexibility index (Phi) is 3.53. The Hall–Kier alpha value is -1.28. The molecule has 2 nitrogen and oxygen atoms in total. The summed E-state index contributed by atoms with van der Waals surface area (Å²) in [5, 5.41) is 0.587. The van der Waals surface area contributed by atoms with E-state index in [9.17, 15) is 4.79 Å². The van der Waals surface area contributed by atoms with Crippen LogP contribution in [0.25, 0.3) is 0 Å². The van der Waals surface area contributed by atoms with Crippen molar-refractivity contribution in [3.05, 3.63) is 41.9 Å². The second-order valence-corrected chi connectivity index (χ2v) is 2.85. The molecule has 0 saturated carbocycles. The zero-order valence-corrected chi connectivity index (χ0v) is 7.75. The van der Waals surface area contributed by atoms with Crippen molar-refractivity contribution < 1.29 is 9.53 Å². The Bertz CT molecular complexity index is 320. The minimum atomic E-state index is -0.153. The monoisotopic (exact) mass is 196 g/mol. The first kappa shape index (κ1) is 9.81. The maximum absolute atomic E-state index is 10.8. The highest BCUT2D eigenvalue weighted by molar-refractivity contribution is 6.30. The summed E-state index contributed by atoms with van der Waals surface area (Å²) in [5.74, 6) is 0.433. The van der Waals surface area contributed by atoms with Gasteiger partial charge in [0.1, 0.15) is 5.75 Å². The number of benzene rings is 1. The third kappa shape index (κ3) is 3.30. The molecule has 0 unspecified atom stereocenters. The molecule has 0 aliphatic heterocycles. The summed E-state index contributed by atoms with van der Waals surface area (Å²) in [6.07, 6.45) is 1.23. The minimum absolute atomic E-state index is 0.00381. The Balaban J connectivity index is 2.54. The van der Waals surface area contributed by atoms with Crippen LogP contribution in [0, 0.1) is 0 Å². The summed E-state index contributed by atoms with van der Waals surface area (Å²) < 4.78 is 5.13. The molecule has 0 saturated heterocycles. The number of rotatable bonds is 4. The zero-order valence-electron chi connectivity index (χ0n) is 7.00. The number of ketones is 1. The van der Waals surface area contributed by atoms with Crippen LogP contribution < -0.4 is 4.74 Å². The van der Waals surface area contributed by atoms with Crippen LogP contribution in [-0.4, -0.2) is 12.4 Å². The first-order chi connectivity index (χ1) is 6.22. The molecule has 13 heavy (non-hydrogen) atoms. The normalized spacial score (nSPS) is 9.31. The molecule has 68 valence electrons. The predicted octanol–water partition coefficient (Wildman–Crippen LogP) is 2.47. The van der Waals surface area contributed by atoms with Crippen LogP contribution in [0.15, 0.2) is 36.9 Å². The van der Waals surface area contributed by atoms with Gasteiger partial charge in [-0.05, 0) is 24.3 Å². The zero-order chi connectivity index (χ0) is 9.68. The molecule has 0 radical (unpaired) electrons. The van der Waals surface area contributed by atoms with E-state index in [4.69, 9.17) is 16.3 Å². The van der Waals surface area contributed by atoms with E-state index in [1.54, 1.807) is 24.3 Å². The molecule has 1 aromatic rings. The summed E-state index contributed by atoms with van der Waals surface area (Å²) in [7, 11) is 0. The lowest BCUT2D eigenvalue weighted by atomic mass is 10.3. The second-order valence-electron chi connectivity index (χ2n) is 2.42. The third-order valence-corrected chi connectivity index (χ3v) is 1.64. The molecule has 0 spiro atoms. The van der Waals surface area contributed by atoms with Crippen LogP contribution >= 0.6 is 11.6 Å². The third-order valence-electron chi connectivity index (χ3n) is 1.40. The highest BCUT2D eigenvalue weighted by Crippen LogP contribution is 2.16. The summed E-state index contributed by atoms with van der Waals surface area (Å²) in [6, 6.07) is 6.89. The Labute approximate surface area is 81.8 Å². The van der Waals surface area contributed by atoms with Crippen LogP contribution in [0.3, 0.4) is 0 Å². The molecule has 0 aliphatic rings.